The van der Waals surface area contributed by atoms with Gasteiger partial charge in [-0.3, -0.25) is 0 Å². The Morgan fingerprint density at radius 2 is 1.97 bits per heavy atom. The molecule has 1 aromatic carbocycles. The summed E-state index contributed by atoms with van der Waals surface area (Å²) in [5.41, 5.74) is 3.41. The number of aryl methyl sites for hydroxylation is 1. The molecule has 5 nitrogen and oxygen atoms in total. The van der Waals surface area contributed by atoms with Gasteiger partial charge in [0.15, 0.2) is 5.75 Å². The van der Waals surface area contributed by atoms with Crippen LogP contribution in [0.2, 0.25) is 5.02 Å². The summed E-state index contributed by atoms with van der Waals surface area (Å²) < 4.78 is 5.63. The number of thioether (sulfide) groups is 1. The Kier molecular flexibility index (Phi) is 8.94. The number of hydrogen-bond acceptors (Lipinski definition) is 6. The summed E-state index contributed by atoms with van der Waals surface area (Å²) in [6.45, 7) is 7.60. The number of nitrogens with one attached hydrogen (secondary N) is 1. The van der Waals surface area contributed by atoms with Gasteiger partial charge in [0.1, 0.15) is 0 Å². The van der Waals surface area contributed by atoms with Gasteiger partial charge in [-0.1, -0.05) is 30.5 Å². The molecule has 1 fully saturated rings. The highest BCUT2D eigenvalue weighted by Crippen LogP contribution is 2.33. The van der Waals surface area contributed by atoms with Crippen molar-refractivity contribution in [1.29, 1.82) is 0 Å². The lowest BCUT2D eigenvalue weighted by Gasteiger charge is -2.29. The first-order chi connectivity index (χ1) is 14.6. The minimum absolute atomic E-state index is 0.578. The minimum atomic E-state index is 0.578. The third kappa shape index (κ3) is 6.17. The third-order valence-corrected chi connectivity index (χ3v) is 6.80. The molecule has 0 radical (unpaired) electrons. The van der Waals surface area contributed by atoms with Crippen molar-refractivity contribution in [2.45, 2.75) is 46.1 Å². The molecule has 1 aliphatic carbocycles. The predicted octanol–water partition coefficient (Wildman–Crippen LogP) is 5.81. The Balaban J connectivity index is 1.70. The van der Waals surface area contributed by atoms with E-state index >= 15 is 0 Å². The topological polar surface area (TPSA) is 50.3 Å². The highest BCUT2D eigenvalue weighted by Gasteiger charge is 2.21. The van der Waals surface area contributed by atoms with Gasteiger partial charge in [-0.2, -0.15) is 11.8 Å². The number of anilines is 2. The van der Waals surface area contributed by atoms with E-state index in [0.29, 0.717) is 24.8 Å². The van der Waals surface area contributed by atoms with Gasteiger partial charge in [0, 0.05) is 36.6 Å². The SMILES string of the molecule is CCN(CC1CCCC1)c1ccc(C)c(Cl)c1CNc1ncc(OCCSC)cn1. The van der Waals surface area contributed by atoms with Crippen molar-refractivity contribution in [1.82, 2.24) is 9.97 Å². The maximum Gasteiger partial charge on any atom is 0.223 e. The van der Waals surface area contributed by atoms with Crippen LogP contribution in [0.3, 0.4) is 0 Å². The van der Waals surface area contributed by atoms with Gasteiger partial charge >= 0.3 is 0 Å². The van der Waals surface area contributed by atoms with Gasteiger partial charge in [-0.25, -0.2) is 9.97 Å². The molecule has 0 spiro atoms. The Morgan fingerprint density at radius 1 is 1.23 bits per heavy atom. The van der Waals surface area contributed by atoms with Crippen LogP contribution in [0.1, 0.15) is 43.7 Å². The first-order valence-electron chi connectivity index (χ1n) is 10.8. The number of halogens is 1. The number of ether oxygens (including phenoxy) is 1. The zero-order chi connectivity index (χ0) is 21.3. The quantitative estimate of drug-likeness (QED) is 0.438. The zero-order valence-corrected chi connectivity index (χ0v) is 19.9. The molecule has 0 amide bonds. The first kappa shape index (κ1) is 23.0. The van der Waals surface area contributed by atoms with E-state index < -0.39 is 0 Å². The number of nitrogens with zero attached hydrogens (tertiary/aromatic N) is 3. The van der Waals surface area contributed by atoms with Crippen molar-refractivity contribution < 1.29 is 4.74 Å². The van der Waals surface area contributed by atoms with Crippen molar-refractivity contribution in [3.63, 3.8) is 0 Å². The fourth-order valence-electron chi connectivity index (χ4n) is 3.99. The molecular weight excluding hydrogens is 416 g/mol. The van der Waals surface area contributed by atoms with E-state index in [0.717, 1.165) is 40.9 Å². The van der Waals surface area contributed by atoms with Crippen LogP contribution in [-0.4, -0.2) is 41.7 Å². The third-order valence-electron chi connectivity index (χ3n) is 5.69. The number of aromatic nitrogens is 2. The molecule has 1 aromatic heterocycles. The summed E-state index contributed by atoms with van der Waals surface area (Å²) in [5, 5.41) is 4.16. The zero-order valence-electron chi connectivity index (χ0n) is 18.3. The molecular formula is C23H33ClN4OS. The average molecular weight is 449 g/mol. The van der Waals surface area contributed by atoms with Gasteiger partial charge in [0.25, 0.3) is 0 Å². The molecule has 1 heterocycles. The Morgan fingerprint density at radius 3 is 2.63 bits per heavy atom. The van der Waals surface area contributed by atoms with E-state index in [-0.39, 0.29) is 0 Å². The number of benzene rings is 1. The molecule has 1 aliphatic rings. The van der Waals surface area contributed by atoms with E-state index in [1.54, 1.807) is 24.2 Å². The molecule has 1 N–H and O–H groups in total. The van der Waals surface area contributed by atoms with Crippen molar-refractivity contribution >= 4 is 35.0 Å². The lowest BCUT2D eigenvalue weighted by molar-refractivity contribution is 0.341. The first-order valence-corrected chi connectivity index (χ1v) is 12.6. The maximum atomic E-state index is 6.75. The van der Waals surface area contributed by atoms with Crippen LogP contribution in [0.15, 0.2) is 24.5 Å². The average Bonchev–Trinajstić information content (AvgIpc) is 3.28. The Labute approximate surface area is 190 Å². The molecule has 0 bridgehead atoms. The summed E-state index contributed by atoms with van der Waals surface area (Å²) >= 11 is 8.50. The standard InChI is InChI=1S/C23H33ClN4OS/c1-4-28(16-18-7-5-6-8-18)21-10-9-17(2)22(24)20(21)15-27-23-25-13-19(14-26-23)29-11-12-30-3/h9-10,13-14,18H,4-8,11-12,15-16H2,1-3H3,(H,25,26,27). The van der Waals surface area contributed by atoms with Gasteiger partial charge < -0.3 is 15.0 Å². The van der Waals surface area contributed by atoms with E-state index in [9.17, 15) is 0 Å². The van der Waals surface area contributed by atoms with Gasteiger partial charge in [-0.15, -0.1) is 0 Å². The lowest BCUT2D eigenvalue weighted by atomic mass is 10.0. The van der Waals surface area contributed by atoms with Crippen molar-refractivity contribution in [3.8, 4) is 5.75 Å². The summed E-state index contributed by atoms with van der Waals surface area (Å²) in [7, 11) is 0. The van der Waals surface area contributed by atoms with Crippen LogP contribution in [0.5, 0.6) is 5.75 Å². The molecule has 0 saturated heterocycles. The van der Waals surface area contributed by atoms with Gasteiger partial charge in [0.2, 0.25) is 5.95 Å². The molecule has 1 saturated carbocycles. The van der Waals surface area contributed by atoms with Crippen LogP contribution in [0, 0.1) is 12.8 Å². The molecule has 0 aliphatic heterocycles. The molecule has 2 aromatic rings. The normalized spacial score (nSPS) is 14.1. The maximum absolute atomic E-state index is 6.75. The van der Waals surface area contributed by atoms with Gasteiger partial charge in [-0.05, 0) is 50.5 Å². The van der Waals surface area contributed by atoms with Gasteiger partial charge in [0.05, 0.1) is 24.0 Å². The smallest absolute Gasteiger partial charge is 0.223 e. The largest absolute Gasteiger partial charge is 0.489 e. The van der Waals surface area contributed by atoms with Crippen LogP contribution < -0.4 is 15.0 Å². The predicted molar refractivity (Wildman–Crippen MR) is 129 cm³/mol. The Bertz CT molecular complexity index is 797. The van der Waals surface area contributed by atoms with Crippen LogP contribution >= 0.6 is 23.4 Å². The lowest BCUT2D eigenvalue weighted by Crippen LogP contribution is -2.29. The van der Waals surface area contributed by atoms with Crippen LogP contribution in [0.25, 0.3) is 0 Å². The molecule has 30 heavy (non-hydrogen) atoms. The van der Waals surface area contributed by atoms with Crippen molar-refractivity contribution in [2.75, 3.05) is 41.9 Å². The van der Waals surface area contributed by atoms with Crippen molar-refractivity contribution in [2.24, 2.45) is 5.92 Å². The van der Waals surface area contributed by atoms with Crippen LogP contribution in [-0.2, 0) is 6.54 Å². The monoisotopic (exact) mass is 448 g/mol. The van der Waals surface area contributed by atoms with Crippen LogP contribution in [0.4, 0.5) is 11.6 Å². The van der Waals surface area contributed by atoms with E-state index in [1.165, 1.54) is 31.4 Å². The van der Waals surface area contributed by atoms with E-state index in [2.05, 4.69) is 52.4 Å². The van der Waals surface area contributed by atoms with E-state index in [1.807, 2.05) is 0 Å². The summed E-state index contributed by atoms with van der Waals surface area (Å²) in [6.07, 6.45) is 10.9. The second kappa shape index (κ2) is 11.7. The molecule has 7 heteroatoms. The Hall–Kier alpha value is -1.66. The second-order valence-electron chi connectivity index (χ2n) is 7.82. The highest BCUT2D eigenvalue weighted by atomic mass is 35.5. The molecule has 0 unspecified atom stereocenters. The molecule has 0 atom stereocenters. The fourth-order valence-corrected chi connectivity index (χ4v) is 4.46. The van der Waals surface area contributed by atoms with Crippen molar-refractivity contribution in [3.05, 3.63) is 40.7 Å². The number of rotatable bonds is 11. The molecule has 3 rings (SSSR count). The van der Waals surface area contributed by atoms with E-state index in [4.69, 9.17) is 16.3 Å². The highest BCUT2D eigenvalue weighted by molar-refractivity contribution is 7.98. The minimum Gasteiger partial charge on any atom is -0.489 e. The summed E-state index contributed by atoms with van der Waals surface area (Å²) in [6, 6.07) is 4.33. The summed E-state index contributed by atoms with van der Waals surface area (Å²) in [4.78, 5) is 11.3. The fraction of sp³-hybridized carbons (Fsp3) is 0.565. The number of hydrogen-bond donors (Lipinski definition) is 1. The summed E-state index contributed by atoms with van der Waals surface area (Å²) in [5.74, 6) is 3.00. The second-order valence-corrected chi connectivity index (χ2v) is 9.18. The molecule has 164 valence electrons.